The summed E-state index contributed by atoms with van der Waals surface area (Å²) < 4.78 is 12.9. The molecule has 0 saturated carbocycles. The van der Waals surface area contributed by atoms with Crippen LogP contribution in [0.5, 0.6) is 0 Å². The second-order valence-corrected chi connectivity index (χ2v) is 3.63. The molecule has 0 saturated heterocycles. The third kappa shape index (κ3) is 3.23. The lowest BCUT2D eigenvalue weighted by Gasteiger charge is -2.19. The molecule has 1 aromatic carbocycles. The van der Waals surface area contributed by atoms with E-state index in [9.17, 15) is 19.4 Å². The Labute approximate surface area is 97.3 Å². The highest BCUT2D eigenvalue weighted by atomic mass is 19.1. The van der Waals surface area contributed by atoms with Gasteiger partial charge < -0.3 is 21.1 Å². The first-order valence-electron chi connectivity index (χ1n) is 5.06. The summed E-state index contributed by atoms with van der Waals surface area (Å²) in [5.41, 5.74) is 4.82. The lowest BCUT2D eigenvalue weighted by molar-refractivity contribution is 0.0140. The predicted octanol–water partition coefficient (Wildman–Crippen LogP) is 0.267. The van der Waals surface area contributed by atoms with Crippen LogP contribution < -0.4 is 5.73 Å². The summed E-state index contributed by atoms with van der Waals surface area (Å²) in [4.78, 5) is 10.9. The summed E-state index contributed by atoms with van der Waals surface area (Å²) in [6.07, 6.45) is -2.45. The van der Waals surface area contributed by atoms with Crippen LogP contribution in [-0.2, 0) is 0 Å². The van der Waals surface area contributed by atoms with Gasteiger partial charge >= 0.3 is 5.97 Å². The number of halogens is 1. The lowest BCUT2D eigenvalue weighted by Crippen LogP contribution is -2.23. The smallest absolute Gasteiger partial charge is 0.336 e. The van der Waals surface area contributed by atoms with Gasteiger partial charge in [0.05, 0.1) is 11.7 Å². The Morgan fingerprint density at radius 3 is 2.59 bits per heavy atom. The molecule has 0 aliphatic heterocycles. The molecule has 0 bridgehead atoms. The van der Waals surface area contributed by atoms with Crippen LogP contribution in [0, 0.1) is 5.82 Å². The van der Waals surface area contributed by atoms with Crippen LogP contribution >= 0.6 is 0 Å². The quantitative estimate of drug-likeness (QED) is 0.594. The second kappa shape index (κ2) is 5.72. The molecule has 5 nitrogen and oxygen atoms in total. The highest BCUT2D eigenvalue weighted by molar-refractivity contribution is 5.89. The number of aliphatic hydroxyl groups excluding tert-OH is 2. The van der Waals surface area contributed by atoms with Gasteiger partial charge in [0.15, 0.2) is 0 Å². The van der Waals surface area contributed by atoms with E-state index in [2.05, 4.69) is 0 Å². The number of hydrogen-bond acceptors (Lipinski definition) is 4. The number of nitrogens with two attached hydrogens (primary N) is 1. The molecule has 5 N–H and O–H groups in total. The first-order chi connectivity index (χ1) is 7.97. The van der Waals surface area contributed by atoms with Gasteiger partial charge in [-0.3, -0.25) is 0 Å². The molecule has 0 aliphatic rings. The molecular weight excluding hydrogens is 229 g/mol. The van der Waals surface area contributed by atoms with Crippen molar-refractivity contribution in [3.8, 4) is 0 Å². The van der Waals surface area contributed by atoms with Crippen molar-refractivity contribution in [1.82, 2.24) is 0 Å². The van der Waals surface area contributed by atoms with Crippen LogP contribution in [0.15, 0.2) is 18.2 Å². The predicted molar refractivity (Wildman–Crippen MR) is 58.0 cm³/mol. The number of rotatable bonds is 5. The van der Waals surface area contributed by atoms with Gasteiger partial charge in [0, 0.05) is 0 Å². The van der Waals surface area contributed by atoms with Crippen LogP contribution in [0.3, 0.4) is 0 Å². The lowest BCUT2D eigenvalue weighted by atomic mass is 9.97. The molecule has 17 heavy (non-hydrogen) atoms. The number of benzene rings is 1. The average molecular weight is 243 g/mol. The molecule has 0 aliphatic carbocycles. The number of aromatic carboxylic acids is 1. The van der Waals surface area contributed by atoms with Gasteiger partial charge in [-0.15, -0.1) is 0 Å². The number of carboxylic acids is 1. The van der Waals surface area contributed by atoms with E-state index in [-0.39, 0.29) is 24.1 Å². The fourth-order valence-corrected chi connectivity index (χ4v) is 1.51. The molecule has 94 valence electrons. The van der Waals surface area contributed by atoms with Crippen LogP contribution in [0.1, 0.15) is 28.4 Å². The third-order valence-electron chi connectivity index (χ3n) is 2.39. The van der Waals surface area contributed by atoms with Crippen molar-refractivity contribution in [2.45, 2.75) is 18.6 Å². The SMILES string of the molecule is NCCC(O)C(O)c1ccc(F)cc1C(=O)O. The second-order valence-electron chi connectivity index (χ2n) is 3.63. The number of aliphatic hydroxyl groups is 2. The fraction of sp³-hybridized carbons (Fsp3) is 0.364. The van der Waals surface area contributed by atoms with Crippen LogP contribution in [0.2, 0.25) is 0 Å². The molecule has 0 heterocycles. The molecular formula is C11H14FNO4. The van der Waals surface area contributed by atoms with Crippen molar-refractivity contribution in [3.63, 3.8) is 0 Å². The van der Waals surface area contributed by atoms with Gasteiger partial charge in [-0.05, 0) is 30.7 Å². The molecule has 6 heteroatoms. The largest absolute Gasteiger partial charge is 0.478 e. The molecule has 1 rings (SSSR count). The molecule has 0 spiro atoms. The fourth-order valence-electron chi connectivity index (χ4n) is 1.51. The Kier molecular flexibility index (Phi) is 4.56. The highest BCUT2D eigenvalue weighted by Crippen LogP contribution is 2.23. The summed E-state index contributed by atoms with van der Waals surface area (Å²) in [6.45, 7) is 0.155. The van der Waals surface area contributed by atoms with Crippen molar-refractivity contribution >= 4 is 5.97 Å². The first-order valence-corrected chi connectivity index (χ1v) is 5.06. The zero-order valence-electron chi connectivity index (χ0n) is 9.01. The van der Waals surface area contributed by atoms with E-state index in [4.69, 9.17) is 10.8 Å². The van der Waals surface area contributed by atoms with Crippen LogP contribution in [0.25, 0.3) is 0 Å². The van der Waals surface area contributed by atoms with E-state index in [1.165, 1.54) is 0 Å². The molecule has 1 aromatic rings. The van der Waals surface area contributed by atoms with Crippen molar-refractivity contribution in [2.75, 3.05) is 6.54 Å². The maximum Gasteiger partial charge on any atom is 0.336 e. The van der Waals surface area contributed by atoms with Crippen LogP contribution in [0.4, 0.5) is 4.39 Å². The third-order valence-corrected chi connectivity index (χ3v) is 2.39. The number of carboxylic acid groups (broad SMARTS) is 1. The topological polar surface area (TPSA) is 104 Å². The van der Waals surface area contributed by atoms with Gasteiger partial charge in [0.25, 0.3) is 0 Å². The molecule has 2 unspecified atom stereocenters. The summed E-state index contributed by atoms with van der Waals surface area (Å²) in [5, 5.41) is 28.1. The van der Waals surface area contributed by atoms with Crippen molar-refractivity contribution in [1.29, 1.82) is 0 Å². The van der Waals surface area contributed by atoms with Crippen molar-refractivity contribution < 1.29 is 24.5 Å². The van der Waals surface area contributed by atoms with E-state index in [0.29, 0.717) is 0 Å². The van der Waals surface area contributed by atoms with Crippen LogP contribution in [-0.4, -0.2) is 33.9 Å². The zero-order chi connectivity index (χ0) is 13.0. The Balaban J connectivity index is 3.08. The highest BCUT2D eigenvalue weighted by Gasteiger charge is 2.23. The summed E-state index contributed by atoms with van der Waals surface area (Å²) in [5.74, 6) is -2.08. The summed E-state index contributed by atoms with van der Waals surface area (Å²) >= 11 is 0. The van der Waals surface area contributed by atoms with E-state index in [0.717, 1.165) is 18.2 Å². The van der Waals surface area contributed by atoms with E-state index >= 15 is 0 Å². The molecule has 0 fully saturated rings. The first kappa shape index (κ1) is 13.6. The Bertz CT molecular complexity index is 410. The van der Waals surface area contributed by atoms with E-state index in [1.54, 1.807) is 0 Å². The molecule has 0 radical (unpaired) electrons. The molecule has 0 amide bonds. The number of carbonyl (C=O) groups is 1. The van der Waals surface area contributed by atoms with E-state index in [1.807, 2.05) is 0 Å². The zero-order valence-corrected chi connectivity index (χ0v) is 9.01. The van der Waals surface area contributed by atoms with E-state index < -0.39 is 24.0 Å². The molecule has 2 atom stereocenters. The minimum Gasteiger partial charge on any atom is -0.478 e. The maximum absolute atomic E-state index is 12.9. The molecule has 0 aromatic heterocycles. The van der Waals surface area contributed by atoms with Crippen molar-refractivity contribution in [3.05, 3.63) is 35.1 Å². The average Bonchev–Trinajstić information content (AvgIpc) is 2.28. The Morgan fingerprint density at radius 1 is 1.41 bits per heavy atom. The van der Waals surface area contributed by atoms with Gasteiger partial charge in [0.1, 0.15) is 11.9 Å². The standard InChI is InChI=1S/C11H14FNO4/c12-6-1-2-7(8(5-6)11(16)17)10(15)9(14)3-4-13/h1-2,5,9-10,14-15H,3-4,13H2,(H,16,17). The van der Waals surface area contributed by atoms with Gasteiger partial charge in [0.2, 0.25) is 0 Å². The Morgan fingerprint density at radius 2 is 2.06 bits per heavy atom. The van der Waals surface area contributed by atoms with Crippen molar-refractivity contribution in [2.24, 2.45) is 5.73 Å². The van der Waals surface area contributed by atoms with Gasteiger partial charge in [-0.1, -0.05) is 6.07 Å². The minimum absolute atomic E-state index is 0.0279. The van der Waals surface area contributed by atoms with Gasteiger partial charge in [-0.25, -0.2) is 9.18 Å². The number of hydrogen-bond donors (Lipinski definition) is 4. The summed E-state index contributed by atoms with van der Waals surface area (Å²) in [7, 11) is 0. The summed E-state index contributed by atoms with van der Waals surface area (Å²) in [6, 6.07) is 2.97. The van der Waals surface area contributed by atoms with Gasteiger partial charge in [-0.2, -0.15) is 0 Å². The Hall–Kier alpha value is -1.50. The monoisotopic (exact) mass is 243 g/mol. The minimum atomic E-state index is -1.40. The maximum atomic E-state index is 12.9. The normalized spacial score (nSPS) is 14.4.